The Balaban J connectivity index is 2.24. The van der Waals surface area contributed by atoms with Gasteiger partial charge in [-0.2, -0.15) is 0 Å². The summed E-state index contributed by atoms with van der Waals surface area (Å²) in [6, 6.07) is 11.1. The van der Waals surface area contributed by atoms with Gasteiger partial charge in [0.15, 0.2) is 0 Å². The lowest BCUT2D eigenvalue weighted by atomic mass is 10.3. The number of rotatable bonds is 5. The molecular formula is C14H13BrClNO3S. The van der Waals surface area contributed by atoms with Crippen molar-refractivity contribution in [2.75, 3.05) is 11.3 Å². The van der Waals surface area contributed by atoms with Crippen LogP contribution in [-0.2, 0) is 10.0 Å². The molecule has 0 aliphatic heterocycles. The summed E-state index contributed by atoms with van der Waals surface area (Å²) in [5, 5.41) is 0.354. The first kappa shape index (κ1) is 16.1. The predicted molar refractivity (Wildman–Crippen MR) is 87.6 cm³/mol. The van der Waals surface area contributed by atoms with Crippen LogP contribution in [0.5, 0.6) is 5.75 Å². The molecule has 0 saturated heterocycles. The molecule has 0 heterocycles. The quantitative estimate of drug-likeness (QED) is 0.828. The molecule has 2 rings (SSSR count). The van der Waals surface area contributed by atoms with E-state index in [2.05, 4.69) is 20.7 Å². The number of ether oxygens (including phenoxy) is 1. The lowest BCUT2D eigenvalue weighted by Crippen LogP contribution is -2.12. The molecule has 0 saturated carbocycles. The van der Waals surface area contributed by atoms with Gasteiger partial charge in [-0.15, -0.1) is 0 Å². The Labute approximate surface area is 137 Å². The fourth-order valence-corrected chi connectivity index (χ4v) is 3.21. The molecule has 0 aliphatic carbocycles. The van der Waals surface area contributed by atoms with Crippen molar-refractivity contribution in [2.45, 2.75) is 11.8 Å². The minimum atomic E-state index is -3.64. The van der Waals surface area contributed by atoms with Crippen LogP contribution >= 0.6 is 27.5 Å². The van der Waals surface area contributed by atoms with Crippen LogP contribution in [0.15, 0.2) is 51.8 Å². The van der Waals surface area contributed by atoms with Gasteiger partial charge in [0.1, 0.15) is 5.75 Å². The van der Waals surface area contributed by atoms with Crippen molar-refractivity contribution in [2.24, 2.45) is 0 Å². The topological polar surface area (TPSA) is 55.4 Å². The van der Waals surface area contributed by atoms with Gasteiger partial charge in [-0.25, -0.2) is 8.42 Å². The molecule has 2 aromatic carbocycles. The number of benzene rings is 2. The van der Waals surface area contributed by atoms with Crippen molar-refractivity contribution in [3.05, 3.63) is 52.0 Å². The third-order valence-corrected chi connectivity index (χ3v) is 4.83. The normalized spacial score (nSPS) is 11.2. The fraction of sp³-hybridized carbons (Fsp3) is 0.143. The maximum atomic E-state index is 12.2. The minimum Gasteiger partial charge on any atom is -0.492 e. The van der Waals surface area contributed by atoms with Gasteiger partial charge in [-0.1, -0.05) is 27.5 Å². The van der Waals surface area contributed by atoms with Gasteiger partial charge in [-0.05, 0) is 49.4 Å². The second kappa shape index (κ2) is 6.68. The summed E-state index contributed by atoms with van der Waals surface area (Å²) >= 11 is 9.30. The average molecular weight is 391 g/mol. The van der Waals surface area contributed by atoms with Gasteiger partial charge < -0.3 is 4.74 Å². The molecule has 0 radical (unpaired) electrons. The molecule has 0 bridgehead atoms. The molecule has 0 aromatic heterocycles. The first-order valence-electron chi connectivity index (χ1n) is 6.13. The first-order chi connectivity index (χ1) is 9.92. The van der Waals surface area contributed by atoms with Gasteiger partial charge in [-0.3, -0.25) is 4.72 Å². The third-order valence-electron chi connectivity index (χ3n) is 2.61. The Hall–Kier alpha value is -1.24. The monoisotopic (exact) mass is 389 g/mol. The van der Waals surface area contributed by atoms with Crippen molar-refractivity contribution >= 4 is 43.2 Å². The van der Waals surface area contributed by atoms with Gasteiger partial charge in [0.25, 0.3) is 10.0 Å². The number of halogens is 2. The van der Waals surface area contributed by atoms with Gasteiger partial charge in [0.05, 0.1) is 22.2 Å². The number of hydrogen-bond donors (Lipinski definition) is 1. The van der Waals surface area contributed by atoms with Crippen LogP contribution in [-0.4, -0.2) is 15.0 Å². The van der Waals surface area contributed by atoms with E-state index < -0.39 is 10.0 Å². The standard InChI is InChI=1S/C14H13BrClNO3S/c1-2-20-14-8-5-11(9-13(14)16)17-21(18,19)12-6-3-10(15)4-7-12/h3-9,17H,2H2,1H3. The average Bonchev–Trinajstić information content (AvgIpc) is 2.42. The Morgan fingerprint density at radius 3 is 2.43 bits per heavy atom. The van der Waals surface area contributed by atoms with E-state index in [1.807, 2.05) is 6.92 Å². The first-order valence-corrected chi connectivity index (χ1v) is 8.78. The van der Waals surface area contributed by atoms with E-state index in [-0.39, 0.29) is 4.90 Å². The van der Waals surface area contributed by atoms with Gasteiger partial charge in [0, 0.05) is 4.47 Å². The van der Waals surface area contributed by atoms with E-state index in [4.69, 9.17) is 16.3 Å². The third kappa shape index (κ3) is 4.12. The fourth-order valence-electron chi connectivity index (χ4n) is 1.66. The summed E-state index contributed by atoms with van der Waals surface area (Å²) in [7, 11) is -3.64. The number of anilines is 1. The van der Waals surface area contributed by atoms with Crippen LogP contribution in [0.3, 0.4) is 0 Å². The van der Waals surface area contributed by atoms with Crippen LogP contribution in [0.25, 0.3) is 0 Å². The zero-order chi connectivity index (χ0) is 15.5. The molecule has 0 amide bonds. The van der Waals surface area contributed by atoms with Crippen LogP contribution in [0.4, 0.5) is 5.69 Å². The van der Waals surface area contributed by atoms with Crippen LogP contribution in [0, 0.1) is 0 Å². The second-order valence-corrected chi connectivity index (χ2v) is 7.14. The van der Waals surface area contributed by atoms with E-state index in [1.165, 1.54) is 18.2 Å². The Morgan fingerprint density at radius 1 is 1.19 bits per heavy atom. The summed E-state index contributed by atoms with van der Waals surface area (Å²) < 4.78 is 33.1. The van der Waals surface area contributed by atoms with Crippen molar-refractivity contribution in [1.29, 1.82) is 0 Å². The van der Waals surface area contributed by atoms with E-state index in [0.717, 1.165) is 4.47 Å². The maximum Gasteiger partial charge on any atom is 0.261 e. The predicted octanol–water partition coefficient (Wildman–Crippen LogP) is 4.30. The summed E-state index contributed by atoms with van der Waals surface area (Å²) in [5.41, 5.74) is 0.381. The van der Waals surface area contributed by atoms with Crippen LogP contribution < -0.4 is 9.46 Å². The largest absolute Gasteiger partial charge is 0.492 e. The summed E-state index contributed by atoms with van der Waals surface area (Å²) in [6.45, 7) is 2.34. The molecule has 0 spiro atoms. The highest BCUT2D eigenvalue weighted by molar-refractivity contribution is 9.10. The molecule has 2 aromatic rings. The Bertz CT molecular complexity index is 732. The van der Waals surface area contributed by atoms with Crippen LogP contribution in [0.2, 0.25) is 5.02 Å². The highest BCUT2D eigenvalue weighted by Crippen LogP contribution is 2.29. The van der Waals surface area contributed by atoms with E-state index in [1.54, 1.807) is 24.3 Å². The zero-order valence-electron chi connectivity index (χ0n) is 11.1. The van der Waals surface area contributed by atoms with Gasteiger partial charge in [0.2, 0.25) is 0 Å². The number of sulfonamides is 1. The van der Waals surface area contributed by atoms with Crippen molar-refractivity contribution < 1.29 is 13.2 Å². The molecule has 0 unspecified atom stereocenters. The molecule has 0 atom stereocenters. The molecule has 0 aliphatic rings. The van der Waals surface area contributed by atoms with E-state index in [9.17, 15) is 8.42 Å². The number of nitrogens with one attached hydrogen (secondary N) is 1. The highest BCUT2D eigenvalue weighted by atomic mass is 79.9. The van der Waals surface area contributed by atoms with Gasteiger partial charge >= 0.3 is 0 Å². The minimum absolute atomic E-state index is 0.177. The molecule has 112 valence electrons. The summed E-state index contributed by atoms with van der Waals surface area (Å²) in [6.07, 6.45) is 0. The number of hydrogen-bond acceptors (Lipinski definition) is 3. The lowest BCUT2D eigenvalue weighted by Gasteiger charge is -2.10. The molecule has 21 heavy (non-hydrogen) atoms. The van der Waals surface area contributed by atoms with Crippen LogP contribution in [0.1, 0.15) is 6.92 Å². The molecule has 7 heteroatoms. The van der Waals surface area contributed by atoms with E-state index in [0.29, 0.717) is 23.1 Å². The highest BCUT2D eigenvalue weighted by Gasteiger charge is 2.14. The van der Waals surface area contributed by atoms with Crippen molar-refractivity contribution in [3.8, 4) is 5.75 Å². The molecule has 1 N–H and O–H groups in total. The molecule has 0 fully saturated rings. The summed E-state index contributed by atoms with van der Waals surface area (Å²) in [5.74, 6) is 0.519. The zero-order valence-corrected chi connectivity index (χ0v) is 14.3. The summed E-state index contributed by atoms with van der Waals surface area (Å²) in [4.78, 5) is 0.177. The van der Waals surface area contributed by atoms with Crippen molar-refractivity contribution in [1.82, 2.24) is 0 Å². The second-order valence-electron chi connectivity index (χ2n) is 4.14. The lowest BCUT2D eigenvalue weighted by molar-refractivity contribution is 0.340. The SMILES string of the molecule is CCOc1ccc(NS(=O)(=O)c2ccc(Br)cc2)cc1Cl. The Kier molecular flexibility index (Phi) is 5.13. The maximum absolute atomic E-state index is 12.2. The Morgan fingerprint density at radius 2 is 1.86 bits per heavy atom. The van der Waals surface area contributed by atoms with Crippen molar-refractivity contribution in [3.63, 3.8) is 0 Å². The molecule has 4 nitrogen and oxygen atoms in total. The smallest absolute Gasteiger partial charge is 0.261 e. The molecular weight excluding hydrogens is 378 g/mol. The van der Waals surface area contributed by atoms with E-state index >= 15 is 0 Å².